The predicted octanol–water partition coefficient (Wildman–Crippen LogP) is 4.65. The second-order valence-corrected chi connectivity index (χ2v) is 11.7. The number of fused-ring (bicyclic) bond motifs is 4. The summed E-state index contributed by atoms with van der Waals surface area (Å²) in [6, 6.07) is 6.48. The lowest BCUT2D eigenvalue weighted by Crippen LogP contribution is -2.60. The van der Waals surface area contributed by atoms with Gasteiger partial charge in [-0.1, -0.05) is 20.4 Å². The van der Waals surface area contributed by atoms with E-state index in [1.165, 1.54) is 19.3 Å². The number of furan rings is 1. The summed E-state index contributed by atoms with van der Waals surface area (Å²) in [5.74, 6) is -2.94. The summed E-state index contributed by atoms with van der Waals surface area (Å²) >= 11 is 0. The Morgan fingerprint density at radius 2 is 1.95 bits per heavy atom. The van der Waals surface area contributed by atoms with E-state index in [0.29, 0.717) is 42.7 Å². The van der Waals surface area contributed by atoms with Crippen LogP contribution >= 0.6 is 0 Å². The zero-order valence-electron chi connectivity index (χ0n) is 22.7. The molecule has 1 aromatic heterocycles. The fourth-order valence-electron chi connectivity index (χ4n) is 7.59. The topological polar surface area (TPSA) is 121 Å². The van der Waals surface area contributed by atoms with Crippen molar-refractivity contribution in [1.29, 1.82) is 0 Å². The molecular formula is C31H31NO8. The molecule has 0 radical (unpaired) electrons. The van der Waals surface area contributed by atoms with E-state index in [1.807, 2.05) is 19.9 Å². The Labute approximate surface area is 231 Å². The van der Waals surface area contributed by atoms with Gasteiger partial charge in [-0.15, -0.1) is 0 Å². The number of carbonyl (C=O) groups is 4. The number of allylic oxidation sites excluding steroid dienone is 2. The SMILES string of the molecule is C=C1O[C@H](c2ccoc2)C[C@]2(C)[C@H]3C(=O)C(OC(=O)c4ccc5c(c4)CNC5=O)=C[C@@H](C(=O)OC)[C@]3(C)CC[C@@H]12. The van der Waals surface area contributed by atoms with Crippen LogP contribution in [-0.2, 0) is 30.3 Å². The number of hydrogen-bond acceptors (Lipinski definition) is 8. The average Bonchev–Trinajstić information content (AvgIpc) is 3.59. The third kappa shape index (κ3) is 3.82. The van der Waals surface area contributed by atoms with Gasteiger partial charge in [0.15, 0.2) is 5.76 Å². The number of esters is 2. The summed E-state index contributed by atoms with van der Waals surface area (Å²) < 4.78 is 22.4. The molecule has 1 amide bonds. The van der Waals surface area contributed by atoms with Crippen LogP contribution in [0.25, 0.3) is 0 Å². The number of rotatable bonds is 4. The lowest BCUT2D eigenvalue weighted by atomic mass is 9.44. The highest BCUT2D eigenvalue weighted by Gasteiger charge is 2.65. The molecule has 0 bridgehead atoms. The first-order valence-corrected chi connectivity index (χ1v) is 13.4. The van der Waals surface area contributed by atoms with Gasteiger partial charge >= 0.3 is 11.9 Å². The molecule has 1 saturated heterocycles. The molecule has 2 aliphatic heterocycles. The second-order valence-electron chi connectivity index (χ2n) is 11.7. The van der Waals surface area contributed by atoms with Crippen molar-refractivity contribution in [2.24, 2.45) is 28.6 Å². The van der Waals surface area contributed by atoms with E-state index in [4.69, 9.17) is 18.6 Å². The zero-order chi connectivity index (χ0) is 28.4. The molecule has 4 aliphatic rings. The number of Topliss-reactive ketones (excluding diaryl/α,β-unsaturated/α-hetero) is 1. The number of amides is 1. The molecule has 2 aliphatic carbocycles. The Hall–Kier alpha value is -4.14. The molecule has 2 aromatic rings. The quantitative estimate of drug-likeness (QED) is 0.551. The molecule has 208 valence electrons. The normalized spacial score (nSPS) is 32.6. The van der Waals surface area contributed by atoms with Gasteiger partial charge in [-0.05, 0) is 66.0 Å². The molecule has 3 heterocycles. The second kappa shape index (κ2) is 9.21. The van der Waals surface area contributed by atoms with E-state index in [-0.39, 0.29) is 35.0 Å². The lowest BCUT2D eigenvalue weighted by molar-refractivity contribution is -0.174. The standard InChI is InChI=1S/C31H31NO8/c1-16-21-7-9-30(2)22(29(36)37-4)12-23(40-28(35)17-5-6-20-19(11-17)14-32-27(20)34)25(33)26(30)31(21,3)13-24(39-16)18-8-10-38-15-18/h5-6,8,10-12,15,21-22,24,26H,1,7,9,13-14H2,2-4H3,(H,32,34)/t21-,22-,24-,26-,30-,31-/m0/s1. The van der Waals surface area contributed by atoms with Crippen molar-refractivity contribution in [3.63, 3.8) is 0 Å². The van der Waals surface area contributed by atoms with Gasteiger partial charge < -0.3 is 23.9 Å². The third-order valence-electron chi connectivity index (χ3n) is 9.53. The number of nitrogens with one attached hydrogen (secondary N) is 1. The third-order valence-corrected chi connectivity index (χ3v) is 9.53. The van der Waals surface area contributed by atoms with E-state index in [1.54, 1.807) is 24.7 Å². The summed E-state index contributed by atoms with van der Waals surface area (Å²) in [5, 5.41) is 2.72. The summed E-state index contributed by atoms with van der Waals surface area (Å²) in [6.07, 6.45) is 6.01. The summed E-state index contributed by atoms with van der Waals surface area (Å²) in [4.78, 5) is 52.7. The van der Waals surface area contributed by atoms with Crippen LogP contribution < -0.4 is 5.32 Å². The largest absolute Gasteiger partial charge is 0.490 e. The number of hydrogen-bond donors (Lipinski definition) is 1. The Balaban J connectivity index is 1.38. The van der Waals surface area contributed by atoms with Gasteiger partial charge in [-0.25, -0.2) is 4.79 Å². The van der Waals surface area contributed by atoms with E-state index in [2.05, 4.69) is 11.9 Å². The van der Waals surface area contributed by atoms with Crippen molar-refractivity contribution in [2.45, 2.75) is 45.8 Å². The minimum atomic E-state index is -0.800. The summed E-state index contributed by atoms with van der Waals surface area (Å²) in [6.45, 7) is 8.52. The number of ketones is 1. The highest BCUT2D eigenvalue weighted by Crippen LogP contribution is 2.66. The Morgan fingerprint density at radius 3 is 2.67 bits per heavy atom. The van der Waals surface area contributed by atoms with Crippen molar-refractivity contribution < 1.29 is 37.8 Å². The van der Waals surface area contributed by atoms with Gasteiger partial charge in [-0.3, -0.25) is 14.4 Å². The smallest absolute Gasteiger partial charge is 0.343 e. The highest BCUT2D eigenvalue weighted by molar-refractivity contribution is 6.04. The van der Waals surface area contributed by atoms with Crippen LogP contribution in [-0.4, -0.2) is 30.7 Å². The van der Waals surface area contributed by atoms with Crippen LogP contribution in [0, 0.1) is 28.6 Å². The minimum absolute atomic E-state index is 0.132. The van der Waals surface area contributed by atoms with Crippen LogP contribution in [0.2, 0.25) is 0 Å². The van der Waals surface area contributed by atoms with Crippen LogP contribution in [0.15, 0.2) is 65.4 Å². The van der Waals surface area contributed by atoms with Crippen molar-refractivity contribution in [3.8, 4) is 0 Å². The molecular weight excluding hydrogens is 514 g/mol. The lowest BCUT2D eigenvalue weighted by Gasteiger charge is -2.60. The molecule has 6 rings (SSSR count). The van der Waals surface area contributed by atoms with Crippen molar-refractivity contribution >= 4 is 23.6 Å². The van der Waals surface area contributed by atoms with Gasteiger partial charge in [0.25, 0.3) is 5.91 Å². The molecule has 9 heteroatoms. The fraction of sp³-hybridized carbons (Fsp3) is 0.419. The molecule has 1 aromatic carbocycles. The van der Waals surface area contributed by atoms with Gasteiger partial charge in [0.05, 0.1) is 36.9 Å². The maximum absolute atomic E-state index is 14.3. The molecule has 0 unspecified atom stereocenters. The molecule has 2 fully saturated rings. The Bertz CT molecular complexity index is 1470. The highest BCUT2D eigenvalue weighted by atomic mass is 16.5. The number of benzene rings is 1. The first-order valence-electron chi connectivity index (χ1n) is 13.4. The number of carbonyl (C=O) groups excluding carboxylic acids is 4. The number of ether oxygens (including phenoxy) is 3. The average molecular weight is 546 g/mol. The van der Waals surface area contributed by atoms with Gasteiger partial charge in [0.2, 0.25) is 5.78 Å². The fourth-order valence-corrected chi connectivity index (χ4v) is 7.59. The first-order chi connectivity index (χ1) is 19.1. The van der Waals surface area contributed by atoms with Crippen molar-refractivity contribution in [3.05, 3.63) is 83.2 Å². The minimum Gasteiger partial charge on any atom is -0.490 e. The van der Waals surface area contributed by atoms with Gasteiger partial charge in [0, 0.05) is 29.5 Å². The molecule has 1 saturated carbocycles. The van der Waals surface area contributed by atoms with Crippen molar-refractivity contribution in [1.82, 2.24) is 5.32 Å². The first kappa shape index (κ1) is 26.1. The van der Waals surface area contributed by atoms with Crippen molar-refractivity contribution in [2.75, 3.05) is 7.11 Å². The van der Waals surface area contributed by atoms with Crippen LogP contribution in [0.5, 0.6) is 0 Å². The number of methoxy groups -OCH3 is 1. The molecule has 40 heavy (non-hydrogen) atoms. The van der Waals surface area contributed by atoms with Crippen LogP contribution in [0.1, 0.15) is 71.1 Å². The maximum Gasteiger partial charge on any atom is 0.343 e. The van der Waals surface area contributed by atoms with E-state index in [0.717, 1.165) is 5.56 Å². The summed E-state index contributed by atoms with van der Waals surface area (Å²) in [5.41, 5.74) is 0.797. The van der Waals surface area contributed by atoms with Crippen LogP contribution in [0.3, 0.4) is 0 Å². The zero-order valence-corrected chi connectivity index (χ0v) is 22.7. The molecule has 1 N–H and O–H groups in total. The maximum atomic E-state index is 14.3. The van der Waals surface area contributed by atoms with E-state index >= 15 is 0 Å². The monoisotopic (exact) mass is 545 g/mol. The Morgan fingerprint density at radius 1 is 1.15 bits per heavy atom. The predicted molar refractivity (Wildman–Crippen MR) is 140 cm³/mol. The van der Waals surface area contributed by atoms with Gasteiger partial charge in [0.1, 0.15) is 6.10 Å². The molecule has 6 atom stereocenters. The summed E-state index contributed by atoms with van der Waals surface area (Å²) in [7, 11) is 1.31. The Kier molecular flexibility index (Phi) is 6.01. The molecule has 9 nitrogen and oxygen atoms in total. The van der Waals surface area contributed by atoms with E-state index < -0.39 is 34.6 Å². The van der Waals surface area contributed by atoms with Gasteiger partial charge in [-0.2, -0.15) is 0 Å². The van der Waals surface area contributed by atoms with E-state index in [9.17, 15) is 19.2 Å². The van der Waals surface area contributed by atoms with Crippen LogP contribution in [0.4, 0.5) is 0 Å². The molecule has 0 spiro atoms.